The molecule has 17 heavy (non-hydrogen) atoms. The van der Waals surface area contributed by atoms with Gasteiger partial charge in [-0.2, -0.15) is 0 Å². The van der Waals surface area contributed by atoms with Crippen molar-refractivity contribution in [1.29, 1.82) is 0 Å². The summed E-state index contributed by atoms with van der Waals surface area (Å²) < 4.78 is 0. The van der Waals surface area contributed by atoms with E-state index in [1.54, 1.807) is 0 Å². The minimum atomic E-state index is -0.711. The Balaban J connectivity index is 1.85. The van der Waals surface area contributed by atoms with E-state index in [1.165, 1.54) is 0 Å². The van der Waals surface area contributed by atoms with Gasteiger partial charge in [-0.25, -0.2) is 4.79 Å². The predicted molar refractivity (Wildman–Crippen MR) is 60.9 cm³/mol. The number of allylic oxidation sites excluding steroid dienone is 2. The highest BCUT2D eigenvalue weighted by atomic mass is 16.2. The maximum atomic E-state index is 11.5. The Kier molecular flexibility index (Phi) is 3.56. The molecule has 1 aliphatic heterocycles. The lowest BCUT2D eigenvalue weighted by Gasteiger charge is -2.23. The van der Waals surface area contributed by atoms with Crippen molar-refractivity contribution < 1.29 is 14.4 Å². The number of urea groups is 1. The van der Waals surface area contributed by atoms with Crippen LogP contribution in [0.2, 0.25) is 0 Å². The van der Waals surface area contributed by atoms with Gasteiger partial charge in [0.2, 0.25) is 11.8 Å². The predicted octanol–water partition coefficient (Wildman–Crippen LogP) is 1.11. The Morgan fingerprint density at radius 2 is 1.76 bits per heavy atom. The molecule has 4 amide bonds. The number of hydrogen-bond donors (Lipinski definition) is 2. The molecule has 5 heteroatoms. The van der Waals surface area contributed by atoms with Crippen molar-refractivity contribution in [2.45, 2.75) is 32.1 Å². The molecule has 0 radical (unpaired) electrons. The molecule has 1 saturated heterocycles. The van der Waals surface area contributed by atoms with Crippen LogP contribution in [0.4, 0.5) is 4.79 Å². The van der Waals surface area contributed by atoms with Crippen LogP contribution in [0.15, 0.2) is 12.2 Å². The summed E-state index contributed by atoms with van der Waals surface area (Å²) in [6.45, 7) is 0. The Morgan fingerprint density at radius 1 is 1.06 bits per heavy atom. The molecule has 92 valence electrons. The second-order valence-electron chi connectivity index (χ2n) is 4.59. The van der Waals surface area contributed by atoms with Gasteiger partial charge in [-0.15, -0.1) is 0 Å². The maximum absolute atomic E-state index is 11.5. The monoisotopic (exact) mass is 236 g/mol. The van der Waals surface area contributed by atoms with Crippen LogP contribution in [0.5, 0.6) is 0 Å². The fourth-order valence-corrected chi connectivity index (χ4v) is 2.33. The molecule has 0 saturated carbocycles. The third-order valence-electron chi connectivity index (χ3n) is 3.35. The molecule has 1 atom stereocenters. The third kappa shape index (κ3) is 2.93. The molecule has 0 aromatic carbocycles. The lowest BCUT2D eigenvalue weighted by molar-refractivity contribution is -0.136. The Hall–Kier alpha value is -1.65. The molecule has 2 rings (SSSR count). The first-order valence-electron chi connectivity index (χ1n) is 5.97. The molecule has 5 nitrogen and oxygen atoms in total. The van der Waals surface area contributed by atoms with Crippen molar-refractivity contribution in [3.63, 3.8) is 0 Å². The molecule has 0 aromatic rings. The molecule has 2 N–H and O–H groups in total. The zero-order valence-electron chi connectivity index (χ0n) is 9.57. The van der Waals surface area contributed by atoms with Crippen molar-refractivity contribution in [2.24, 2.45) is 11.8 Å². The van der Waals surface area contributed by atoms with Gasteiger partial charge in [-0.3, -0.25) is 20.2 Å². The molecule has 0 spiro atoms. The minimum absolute atomic E-state index is 0.467. The number of hydrogen-bond acceptors (Lipinski definition) is 3. The van der Waals surface area contributed by atoms with Crippen LogP contribution in [-0.2, 0) is 9.59 Å². The molecule has 1 fully saturated rings. The SMILES string of the molecule is O=C1NC(=O)C(CCC2CC=CCC2)C(=O)N1. The summed E-state index contributed by atoms with van der Waals surface area (Å²) in [5.41, 5.74) is 0. The summed E-state index contributed by atoms with van der Waals surface area (Å²) in [6.07, 6.45) is 8.90. The summed E-state index contributed by atoms with van der Waals surface area (Å²) in [6, 6.07) is -0.711. The van der Waals surface area contributed by atoms with Crippen molar-refractivity contribution in [3.8, 4) is 0 Å². The fourth-order valence-electron chi connectivity index (χ4n) is 2.33. The number of barbiturate groups is 1. The first kappa shape index (κ1) is 11.8. The molecular formula is C12H16N2O3. The van der Waals surface area contributed by atoms with Crippen LogP contribution in [0.1, 0.15) is 32.1 Å². The second-order valence-corrected chi connectivity index (χ2v) is 4.59. The van der Waals surface area contributed by atoms with E-state index in [2.05, 4.69) is 22.8 Å². The highest BCUT2D eigenvalue weighted by Gasteiger charge is 2.34. The number of nitrogens with one attached hydrogen (secondary N) is 2. The Bertz CT molecular complexity index is 356. The van der Waals surface area contributed by atoms with Gasteiger partial charge in [0.15, 0.2) is 0 Å². The normalized spacial score (nSPS) is 25.6. The number of imide groups is 2. The van der Waals surface area contributed by atoms with Crippen molar-refractivity contribution in [1.82, 2.24) is 10.6 Å². The standard InChI is InChI=1S/C12H16N2O3/c15-10-9(11(16)14-12(17)13-10)7-6-8-4-2-1-3-5-8/h1-2,8-9H,3-7H2,(H2,13,14,15,16,17). The minimum Gasteiger partial charge on any atom is -0.277 e. The largest absolute Gasteiger partial charge is 0.328 e. The fraction of sp³-hybridized carbons (Fsp3) is 0.583. The number of amides is 4. The van der Waals surface area contributed by atoms with Crippen LogP contribution in [0.25, 0.3) is 0 Å². The molecule has 1 unspecified atom stereocenters. The number of rotatable bonds is 3. The van der Waals surface area contributed by atoms with E-state index in [4.69, 9.17) is 0 Å². The quantitative estimate of drug-likeness (QED) is 0.569. The number of carbonyl (C=O) groups is 3. The van der Waals surface area contributed by atoms with Gasteiger partial charge < -0.3 is 0 Å². The lowest BCUT2D eigenvalue weighted by atomic mass is 9.86. The topological polar surface area (TPSA) is 75.3 Å². The van der Waals surface area contributed by atoms with E-state index in [0.29, 0.717) is 12.3 Å². The highest BCUT2D eigenvalue weighted by molar-refractivity contribution is 6.16. The van der Waals surface area contributed by atoms with Gasteiger partial charge in [0.25, 0.3) is 0 Å². The average molecular weight is 236 g/mol. The summed E-state index contributed by atoms with van der Waals surface area (Å²) >= 11 is 0. The van der Waals surface area contributed by atoms with Gasteiger partial charge >= 0.3 is 6.03 Å². The van der Waals surface area contributed by atoms with Crippen LogP contribution in [0.3, 0.4) is 0 Å². The third-order valence-corrected chi connectivity index (χ3v) is 3.35. The summed E-state index contributed by atoms with van der Waals surface area (Å²) in [5.74, 6) is -1.09. The van der Waals surface area contributed by atoms with Crippen molar-refractivity contribution >= 4 is 17.8 Å². The molecule has 1 heterocycles. The van der Waals surface area contributed by atoms with Crippen LogP contribution < -0.4 is 10.6 Å². The highest BCUT2D eigenvalue weighted by Crippen LogP contribution is 2.25. The smallest absolute Gasteiger partial charge is 0.277 e. The zero-order chi connectivity index (χ0) is 12.3. The molecule has 1 aliphatic carbocycles. The Labute approximate surface area is 99.6 Å². The van der Waals surface area contributed by atoms with Gasteiger partial charge in [0.1, 0.15) is 5.92 Å². The van der Waals surface area contributed by atoms with E-state index in [-0.39, 0.29) is 0 Å². The van der Waals surface area contributed by atoms with Gasteiger partial charge in [0.05, 0.1) is 0 Å². The summed E-state index contributed by atoms with van der Waals surface area (Å²) in [4.78, 5) is 33.8. The van der Waals surface area contributed by atoms with Gasteiger partial charge in [-0.05, 0) is 38.0 Å². The van der Waals surface area contributed by atoms with Gasteiger partial charge in [0, 0.05) is 0 Å². The number of carbonyl (C=O) groups excluding carboxylic acids is 3. The molecule has 0 bridgehead atoms. The van der Waals surface area contributed by atoms with Crippen molar-refractivity contribution in [2.75, 3.05) is 0 Å². The molecule has 0 aromatic heterocycles. The van der Waals surface area contributed by atoms with Crippen LogP contribution in [0, 0.1) is 11.8 Å². The maximum Gasteiger partial charge on any atom is 0.328 e. The first-order chi connectivity index (χ1) is 8.16. The van der Waals surface area contributed by atoms with E-state index in [9.17, 15) is 14.4 Å². The second kappa shape index (κ2) is 5.12. The van der Waals surface area contributed by atoms with E-state index in [1.807, 2.05) is 0 Å². The van der Waals surface area contributed by atoms with E-state index >= 15 is 0 Å². The summed E-state index contributed by atoms with van der Waals surface area (Å²) in [7, 11) is 0. The van der Waals surface area contributed by atoms with E-state index < -0.39 is 23.8 Å². The molecular weight excluding hydrogens is 220 g/mol. The molecule has 2 aliphatic rings. The van der Waals surface area contributed by atoms with Crippen molar-refractivity contribution in [3.05, 3.63) is 12.2 Å². The van der Waals surface area contributed by atoms with Gasteiger partial charge in [-0.1, -0.05) is 12.2 Å². The van der Waals surface area contributed by atoms with Crippen LogP contribution in [-0.4, -0.2) is 17.8 Å². The zero-order valence-corrected chi connectivity index (χ0v) is 9.57. The Morgan fingerprint density at radius 3 is 2.35 bits per heavy atom. The summed E-state index contributed by atoms with van der Waals surface area (Å²) in [5, 5.41) is 4.25. The first-order valence-corrected chi connectivity index (χ1v) is 5.97. The lowest BCUT2D eigenvalue weighted by Crippen LogP contribution is -2.55. The van der Waals surface area contributed by atoms with Crippen LogP contribution >= 0.6 is 0 Å². The average Bonchev–Trinajstić information content (AvgIpc) is 2.29. The van der Waals surface area contributed by atoms with E-state index in [0.717, 1.165) is 25.7 Å².